The van der Waals surface area contributed by atoms with E-state index in [-0.39, 0.29) is 23.8 Å². The number of nitro groups is 1. The van der Waals surface area contributed by atoms with Gasteiger partial charge in [0.15, 0.2) is 0 Å². The fourth-order valence-electron chi connectivity index (χ4n) is 1.68. The van der Waals surface area contributed by atoms with Gasteiger partial charge >= 0.3 is 6.16 Å². The Bertz CT molecular complexity index is 760. The largest absolute Gasteiger partial charge is 0.519 e. The molecule has 0 radical (unpaired) electrons. The minimum Gasteiger partial charge on any atom is -0.395 e. The zero-order valence-electron chi connectivity index (χ0n) is 12.0. The van der Waals surface area contributed by atoms with Crippen molar-refractivity contribution in [2.45, 2.75) is 6.61 Å². The topological polar surface area (TPSA) is 131 Å². The van der Waals surface area contributed by atoms with Crippen molar-refractivity contribution >= 4 is 11.8 Å². The van der Waals surface area contributed by atoms with Gasteiger partial charge in [-0.15, -0.1) is 10.1 Å². The van der Waals surface area contributed by atoms with Crippen molar-refractivity contribution in [3.8, 4) is 11.5 Å². The fourth-order valence-corrected chi connectivity index (χ4v) is 1.68. The summed E-state index contributed by atoms with van der Waals surface area (Å²) in [7, 11) is 0. The number of non-ortho nitro benzene ring substituents is 1. The number of nitrogens with zero attached hydrogens (tertiary/aromatic N) is 2. The molecular formula is C14H10N2O8. The lowest BCUT2D eigenvalue weighted by Gasteiger charge is -2.07. The number of carbonyl (C=O) groups is 1. The first-order chi connectivity index (χ1) is 11.4. The Morgan fingerprint density at radius 2 is 1.62 bits per heavy atom. The Morgan fingerprint density at radius 3 is 2.25 bits per heavy atom. The highest BCUT2D eigenvalue weighted by atomic mass is 16.9. The van der Waals surface area contributed by atoms with Crippen LogP contribution in [0.2, 0.25) is 0 Å². The second-order valence-corrected chi connectivity index (χ2v) is 4.35. The van der Waals surface area contributed by atoms with Crippen LogP contribution in [0.5, 0.6) is 11.5 Å². The van der Waals surface area contributed by atoms with Crippen LogP contribution >= 0.6 is 0 Å². The highest BCUT2D eigenvalue weighted by Gasteiger charge is 2.11. The van der Waals surface area contributed by atoms with Crippen LogP contribution in [0.4, 0.5) is 10.5 Å². The van der Waals surface area contributed by atoms with Crippen LogP contribution in [0, 0.1) is 20.2 Å². The Morgan fingerprint density at radius 1 is 0.958 bits per heavy atom. The quantitative estimate of drug-likeness (QED) is 0.341. The lowest BCUT2D eigenvalue weighted by atomic mass is 10.2. The van der Waals surface area contributed by atoms with E-state index in [0.717, 1.165) is 0 Å². The molecule has 2 aromatic rings. The number of rotatable bonds is 6. The van der Waals surface area contributed by atoms with Crippen molar-refractivity contribution in [2.24, 2.45) is 0 Å². The number of nitro benzene ring substituents is 1. The molecule has 0 heterocycles. The van der Waals surface area contributed by atoms with Gasteiger partial charge in [0, 0.05) is 12.1 Å². The predicted molar refractivity (Wildman–Crippen MR) is 78.0 cm³/mol. The maximum atomic E-state index is 11.7. The van der Waals surface area contributed by atoms with Crippen molar-refractivity contribution in [2.75, 3.05) is 0 Å². The first kappa shape index (κ1) is 16.7. The molecule has 0 unspecified atom stereocenters. The monoisotopic (exact) mass is 334 g/mol. The van der Waals surface area contributed by atoms with E-state index in [1.165, 1.54) is 42.5 Å². The smallest absolute Gasteiger partial charge is 0.395 e. The van der Waals surface area contributed by atoms with Crippen LogP contribution in [-0.2, 0) is 11.4 Å². The number of ether oxygens (including phenoxy) is 2. The molecule has 10 heteroatoms. The third-order valence-electron chi connectivity index (χ3n) is 2.68. The molecule has 0 saturated heterocycles. The van der Waals surface area contributed by atoms with Gasteiger partial charge in [0.25, 0.3) is 10.8 Å². The van der Waals surface area contributed by atoms with Crippen LogP contribution in [0.25, 0.3) is 0 Å². The van der Waals surface area contributed by atoms with E-state index in [1.807, 2.05) is 0 Å². The van der Waals surface area contributed by atoms with E-state index in [0.29, 0.717) is 5.56 Å². The van der Waals surface area contributed by atoms with Crippen LogP contribution in [0.1, 0.15) is 5.56 Å². The number of hydrogen-bond donors (Lipinski definition) is 0. The molecule has 0 bridgehead atoms. The highest BCUT2D eigenvalue weighted by Crippen LogP contribution is 2.19. The maximum Gasteiger partial charge on any atom is 0.519 e. The van der Waals surface area contributed by atoms with Crippen LogP contribution in [0.15, 0.2) is 48.5 Å². The van der Waals surface area contributed by atoms with Crippen molar-refractivity contribution in [3.05, 3.63) is 74.3 Å². The molecule has 10 nitrogen and oxygen atoms in total. The molecule has 0 aromatic heterocycles. The van der Waals surface area contributed by atoms with E-state index in [2.05, 4.69) is 4.84 Å². The molecule has 0 aliphatic heterocycles. The number of benzene rings is 2. The molecule has 0 N–H and O–H groups in total. The molecule has 2 rings (SSSR count). The lowest BCUT2D eigenvalue weighted by molar-refractivity contribution is -0.763. The molecule has 0 aliphatic rings. The summed E-state index contributed by atoms with van der Waals surface area (Å²) in [5, 5.41) is 19.7. The minimum atomic E-state index is -1.06. The van der Waals surface area contributed by atoms with E-state index in [4.69, 9.17) is 9.47 Å². The molecule has 24 heavy (non-hydrogen) atoms. The van der Waals surface area contributed by atoms with Gasteiger partial charge in [0.1, 0.15) is 18.1 Å². The highest BCUT2D eigenvalue weighted by molar-refractivity contribution is 5.67. The lowest BCUT2D eigenvalue weighted by Crippen LogP contribution is -2.14. The van der Waals surface area contributed by atoms with E-state index in [9.17, 15) is 25.0 Å². The normalized spacial score (nSPS) is 9.83. The molecule has 0 saturated carbocycles. The number of hydrogen-bond acceptors (Lipinski definition) is 8. The van der Waals surface area contributed by atoms with Gasteiger partial charge in [-0.05, 0) is 29.8 Å². The van der Waals surface area contributed by atoms with Crippen LogP contribution < -0.4 is 9.47 Å². The summed E-state index contributed by atoms with van der Waals surface area (Å²) in [4.78, 5) is 36.0. The zero-order valence-corrected chi connectivity index (χ0v) is 12.0. The van der Waals surface area contributed by atoms with Gasteiger partial charge < -0.3 is 14.3 Å². The van der Waals surface area contributed by atoms with Crippen molar-refractivity contribution in [1.29, 1.82) is 0 Å². The first-order valence-electron chi connectivity index (χ1n) is 6.44. The SMILES string of the molecule is O=C(Oc1ccc([N+](=O)[O-])cc1)Oc1cccc(CO[N+](=O)[O-])c1. The van der Waals surface area contributed by atoms with E-state index < -0.39 is 16.2 Å². The standard InChI is InChI=1S/C14H10N2O8/c17-14(23-12-6-4-11(5-7-12)15(18)19)24-13-3-1-2-10(8-13)9-22-16(20)21/h1-8H,9H2. The Kier molecular flexibility index (Phi) is 5.24. The van der Waals surface area contributed by atoms with Gasteiger partial charge in [-0.1, -0.05) is 12.1 Å². The summed E-state index contributed by atoms with van der Waals surface area (Å²) in [6.07, 6.45) is -1.06. The summed E-state index contributed by atoms with van der Waals surface area (Å²) in [6, 6.07) is 10.8. The van der Waals surface area contributed by atoms with Crippen molar-refractivity contribution < 1.29 is 29.1 Å². The Labute approximate surface area is 134 Å². The molecule has 124 valence electrons. The molecule has 0 spiro atoms. The van der Waals surface area contributed by atoms with E-state index in [1.54, 1.807) is 6.07 Å². The molecule has 0 fully saturated rings. The summed E-state index contributed by atoms with van der Waals surface area (Å²) < 4.78 is 9.79. The molecular weight excluding hydrogens is 324 g/mol. The van der Waals surface area contributed by atoms with Crippen LogP contribution in [-0.4, -0.2) is 16.2 Å². The summed E-state index contributed by atoms with van der Waals surface area (Å²) in [5.41, 5.74) is 0.279. The second-order valence-electron chi connectivity index (χ2n) is 4.35. The average Bonchev–Trinajstić information content (AvgIpc) is 2.53. The second kappa shape index (κ2) is 7.54. The van der Waals surface area contributed by atoms with Gasteiger partial charge in [-0.3, -0.25) is 10.1 Å². The predicted octanol–water partition coefficient (Wildman–Crippen LogP) is 2.88. The summed E-state index contributed by atoms with van der Waals surface area (Å²) in [5.74, 6) is 0.171. The van der Waals surface area contributed by atoms with Gasteiger partial charge in [-0.25, -0.2) is 4.79 Å². The van der Waals surface area contributed by atoms with E-state index >= 15 is 0 Å². The van der Waals surface area contributed by atoms with Crippen molar-refractivity contribution in [1.82, 2.24) is 0 Å². The van der Waals surface area contributed by atoms with Gasteiger partial charge in [0.2, 0.25) is 0 Å². The maximum absolute atomic E-state index is 11.7. The first-order valence-corrected chi connectivity index (χ1v) is 6.44. The summed E-state index contributed by atoms with van der Waals surface area (Å²) in [6.45, 7) is -0.290. The summed E-state index contributed by atoms with van der Waals surface area (Å²) >= 11 is 0. The third-order valence-corrected chi connectivity index (χ3v) is 2.68. The molecule has 2 aromatic carbocycles. The molecule has 0 atom stereocenters. The Hall–Kier alpha value is -3.69. The molecule has 0 aliphatic carbocycles. The van der Waals surface area contributed by atoms with Gasteiger partial charge in [0.05, 0.1) is 4.92 Å². The van der Waals surface area contributed by atoms with Crippen LogP contribution in [0.3, 0.4) is 0 Å². The average molecular weight is 334 g/mol. The molecule has 0 amide bonds. The van der Waals surface area contributed by atoms with Crippen molar-refractivity contribution in [3.63, 3.8) is 0 Å². The third kappa shape index (κ3) is 4.94. The zero-order chi connectivity index (χ0) is 17.5. The Balaban J connectivity index is 1.95. The van der Waals surface area contributed by atoms with Gasteiger partial charge in [-0.2, -0.15) is 0 Å². The fraction of sp³-hybridized carbons (Fsp3) is 0.0714. The number of carbonyl (C=O) groups excluding carboxylic acids is 1. The minimum absolute atomic E-state index is 0.0680.